The van der Waals surface area contributed by atoms with Gasteiger partial charge in [-0.05, 0) is 37.3 Å². The summed E-state index contributed by atoms with van der Waals surface area (Å²) in [5.41, 5.74) is 0.443. The van der Waals surface area contributed by atoms with E-state index in [0.717, 1.165) is 17.7 Å². The summed E-state index contributed by atoms with van der Waals surface area (Å²) >= 11 is 1.44. The highest BCUT2D eigenvalue weighted by atomic mass is 32.2. The molecule has 1 aromatic rings. The van der Waals surface area contributed by atoms with Crippen LogP contribution in [0, 0.1) is 0 Å². The SMILES string of the molecule is CSc1ccc(S(=O)(=O)NC2CC2)cc1C(=O)N1CCOCC1. The summed E-state index contributed by atoms with van der Waals surface area (Å²) in [7, 11) is -3.56. The van der Waals surface area contributed by atoms with Gasteiger partial charge in [0.2, 0.25) is 10.0 Å². The molecular weight excluding hydrogens is 336 g/mol. The zero-order valence-electron chi connectivity index (χ0n) is 12.9. The maximum atomic E-state index is 12.7. The Hall–Kier alpha value is -1.09. The number of ether oxygens (including phenoxy) is 1. The molecule has 1 amide bonds. The summed E-state index contributed by atoms with van der Waals surface area (Å²) in [5.74, 6) is -0.138. The molecule has 8 heteroatoms. The van der Waals surface area contributed by atoms with Gasteiger partial charge in [0.25, 0.3) is 5.91 Å². The number of rotatable bonds is 5. The molecule has 0 spiro atoms. The molecule has 0 atom stereocenters. The predicted molar refractivity (Wildman–Crippen MR) is 88.3 cm³/mol. The number of thioether (sulfide) groups is 1. The van der Waals surface area contributed by atoms with Gasteiger partial charge in [0, 0.05) is 24.0 Å². The molecule has 1 aliphatic carbocycles. The van der Waals surface area contributed by atoms with Gasteiger partial charge < -0.3 is 9.64 Å². The molecule has 1 saturated carbocycles. The highest BCUT2D eigenvalue weighted by molar-refractivity contribution is 7.98. The van der Waals surface area contributed by atoms with Crippen LogP contribution in [-0.2, 0) is 14.8 Å². The highest BCUT2D eigenvalue weighted by Gasteiger charge is 2.29. The van der Waals surface area contributed by atoms with E-state index < -0.39 is 10.0 Å². The molecule has 23 heavy (non-hydrogen) atoms. The maximum absolute atomic E-state index is 12.7. The Labute approximate surface area is 140 Å². The van der Waals surface area contributed by atoms with Gasteiger partial charge in [-0.1, -0.05) is 0 Å². The Morgan fingerprint density at radius 2 is 2.00 bits per heavy atom. The van der Waals surface area contributed by atoms with Crippen molar-refractivity contribution >= 4 is 27.7 Å². The summed E-state index contributed by atoms with van der Waals surface area (Å²) in [6, 6.07) is 4.81. The Balaban J connectivity index is 1.90. The number of benzene rings is 1. The molecule has 1 N–H and O–H groups in total. The first kappa shape index (κ1) is 16.8. The lowest BCUT2D eigenvalue weighted by molar-refractivity contribution is 0.0300. The molecule has 3 rings (SSSR count). The number of amides is 1. The van der Waals surface area contributed by atoms with E-state index in [-0.39, 0.29) is 16.8 Å². The predicted octanol–water partition coefficient (Wildman–Crippen LogP) is 1.32. The number of morpholine rings is 1. The fraction of sp³-hybridized carbons (Fsp3) is 0.533. The second kappa shape index (κ2) is 6.80. The van der Waals surface area contributed by atoms with Crippen molar-refractivity contribution in [3.05, 3.63) is 23.8 Å². The zero-order chi connectivity index (χ0) is 16.4. The number of hydrogen-bond donors (Lipinski definition) is 1. The van der Waals surface area contributed by atoms with E-state index in [0.29, 0.717) is 31.9 Å². The third-order valence-corrected chi connectivity index (χ3v) is 6.22. The van der Waals surface area contributed by atoms with Gasteiger partial charge in [0.1, 0.15) is 0 Å². The number of sulfonamides is 1. The minimum Gasteiger partial charge on any atom is -0.378 e. The number of carbonyl (C=O) groups is 1. The monoisotopic (exact) mass is 356 g/mol. The Morgan fingerprint density at radius 3 is 2.61 bits per heavy atom. The standard InChI is InChI=1S/C15H20N2O4S2/c1-22-14-5-4-12(23(19,20)16-11-2-3-11)10-13(14)15(18)17-6-8-21-9-7-17/h4-5,10-11,16H,2-3,6-9H2,1H3. The van der Waals surface area contributed by atoms with E-state index in [2.05, 4.69) is 4.72 Å². The molecule has 1 aromatic carbocycles. The summed E-state index contributed by atoms with van der Waals surface area (Å²) in [4.78, 5) is 15.4. The summed E-state index contributed by atoms with van der Waals surface area (Å²) in [6.07, 6.45) is 3.63. The Bertz CT molecular complexity index is 695. The molecule has 0 aromatic heterocycles. The fourth-order valence-electron chi connectivity index (χ4n) is 2.45. The average molecular weight is 356 g/mol. The summed E-state index contributed by atoms with van der Waals surface area (Å²) in [6.45, 7) is 2.09. The number of nitrogens with one attached hydrogen (secondary N) is 1. The van der Waals surface area contributed by atoms with E-state index >= 15 is 0 Å². The number of carbonyl (C=O) groups excluding carboxylic acids is 1. The number of nitrogens with zero attached hydrogens (tertiary/aromatic N) is 1. The second-order valence-corrected chi connectivity index (χ2v) is 8.22. The summed E-state index contributed by atoms with van der Waals surface area (Å²) < 4.78 is 32.7. The molecule has 1 aliphatic heterocycles. The van der Waals surface area contributed by atoms with Crippen LogP contribution in [0.3, 0.4) is 0 Å². The van der Waals surface area contributed by atoms with Gasteiger partial charge in [-0.2, -0.15) is 0 Å². The zero-order valence-corrected chi connectivity index (χ0v) is 14.6. The van der Waals surface area contributed by atoms with E-state index in [1.807, 2.05) is 6.26 Å². The van der Waals surface area contributed by atoms with E-state index in [1.54, 1.807) is 17.0 Å². The lowest BCUT2D eigenvalue weighted by Crippen LogP contribution is -2.41. The topological polar surface area (TPSA) is 75.7 Å². The van der Waals surface area contributed by atoms with Gasteiger partial charge in [0.15, 0.2) is 0 Å². The lowest BCUT2D eigenvalue weighted by atomic mass is 10.2. The highest BCUT2D eigenvalue weighted by Crippen LogP contribution is 2.27. The normalized spacial score (nSPS) is 18.9. The molecule has 6 nitrogen and oxygen atoms in total. The van der Waals surface area contributed by atoms with Crippen molar-refractivity contribution in [2.75, 3.05) is 32.6 Å². The van der Waals surface area contributed by atoms with Crippen molar-refractivity contribution in [2.45, 2.75) is 28.7 Å². The Kier molecular flexibility index (Phi) is 4.96. The van der Waals surface area contributed by atoms with E-state index in [9.17, 15) is 13.2 Å². The molecule has 1 heterocycles. The van der Waals surface area contributed by atoms with Gasteiger partial charge in [0.05, 0.1) is 23.7 Å². The van der Waals surface area contributed by atoms with Gasteiger partial charge >= 0.3 is 0 Å². The molecule has 0 bridgehead atoms. The van der Waals surface area contributed by atoms with Crippen LogP contribution in [0.15, 0.2) is 28.0 Å². The number of hydrogen-bond acceptors (Lipinski definition) is 5. The van der Waals surface area contributed by atoms with Crippen LogP contribution in [-0.4, -0.2) is 57.8 Å². The van der Waals surface area contributed by atoms with Crippen molar-refractivity contribution in [3.63, 3.8) is 0 Å². The van der Waals surface area contributed by atoms with Crippen molar-refractivity contribution in [2.24, 2.45) is 0 Å². The van der Waals surface area contributed by atoms with Crippen molar-refractivity contribution < 1.29 is 17.9 Å². The molecule has 126 valence electrons. The first-order valence-corrected chi connectivity index (χ1v) is 10.3. The molecule has 0 radical (unpaired) electrons. The van der Waals surface area contributed by atoms with Crippen LogP contribution in [0.5, 0.6) is 0 Å². The molecule has 2 fully saturated rings. The Morgan fingerprint density at radius 1 is 1.30 bits per heavy atom. The quantitative estimate of drug-likeness (QED) is 0.806. The van der Waals surface area contributed by atoms with Crippen LogP contribution >= 0.6 is 11.8 Å². The van der Waals surface area contributed by atoms with Crippen LogP contribution in [0.4, 0.5) is 0 Å². The van der Waals surface area contributed by atoms with Gasteiger partial charge in [-0.3, -0.25) is 4.79 Å². The first-order chi connectivity index (χ1) is 11.0. The summed E-state index contributed by atoms with van der Waals surface area (Å²) in [5, 5.41) is 0. The smallest absolute Gasteiger partial charge is 0.255 e. The van der Waals surface area contributed by atoms with Crippen molar-refractivity contribution in [3.8, 4) is 0 Å². The third kappa shape index (κ3) is 3.88. The minimum atomic E-state index is -3.56. The maximum Gasteiger partial charge on any atom is 0.255 e. The van der Waals surface area contributed by atoms with Crippen molar-refractivity contribution in [1.29, 1.82) is 0 Å². The molecular formula is C15H20N2O4S2. The molecule has 2 aliphatic rings. The van der Waals surface area contributed by atoms with Crippen LogP contribution in [0.2, 0.25) is 0 Å². The van der Waals surface area contributed by atoms with Crippen LogP contribution in [0.25, 0.3) is 0 Å². The third-order valence-electron chi connectivity index (χ3n) is 3.91. The fourth-order valence-corrected chi connectivity index (χ4v) is 4.35. The average Bonchev–Trinajstić information content (AvgIpc) is 3.37. The van der Waals surface area contributed by atoms with E-state index in [4.69, 9.17) is 4.74 Å². The minimum absolute atomic E-state index is 0.0404. The van der Waals surface area contributed by atoms with Crippen LogP contribution < -0.4 is 4.72 Å². The van der Waals surface area contributed by atoms with Gasteiger partial charge in [-0.25, -0.2) is 13.1 Å². The van der Waals surface area contributed by atoms with Crippen molar-refractivity contribution in [1.82, 2.24) is 9.62 Å². The molecule has 1 saturated heterocycles. The van der Waals surface area contributed by atoms with Gasteiger partial charge in [-0.15, -0.1) is 11.8 Å². The van der Waals surface area contributed by atoms with E-state index in [1.165, 1.54) is 17.8 Å². The molecule has 0 unspecified atom stereocenters. The lowest BCUT2D eigenvalue weighted by Gasteiger charge is -2.27. The second-order valence-electron chi connectivity index (χ2n) is 5.66. The largest absolute Gasteiger partial charge is 0.378 e. The van der Waals surface area contributed by atoms with Crippen LogP contribution in [0.1, 0.15) is 23.2 Å². The first-order valence-electron chi connectivity index (χ1n) is 7.58.